The first-order valence-electron chi connectivity index (χ1n) is 6.90. The van der Waals surface area contributed by atoms with Gasteiger partial charge in [-0.2, -0.15) is 36.5 Å². The Morgan fingerprint density at radius 1 is 1.24 bits per heavy atom. The maximum absolute atomic E-state index is 5.75. The van der Waals surface area contributed by atoms with Crippen molar-refractivity contribution in [2.45, 2.75) is 37.0 Å². The number of hydrogen-bond donors (Lipinski definition) is 2. The number of thioether (sulfide) groups is 1. The molecule has 1 aliphatic rings. The van der Waals surface area contributed by atoms with Crippen LogP contribution in [0.15, 0.2) is 12.7 Å². The second-order valence-electron chi connectivity index (χ2n) is 5.01. The molecule has 0 saturated heterocycles. The Morgan fingerprint density at radius 3 is 2.71 bits per heavy atom. The van der Waals surface area contributed by atoms with Crippen LogP contribution in [0.3, 0.4) is 0 Å². The summed E-state index contributed by atoms with van der Waals surface area (Å²) in [6.45, 7) is 0. The predicted octanol–water partition coefficient (Wildman–Crippen LogP) is 1.12. The molecule has 1 aliphatic carbocycles. The highest BCUT2D eigenvalue weighted by atomic mass is 32.2. The lowest BCUT2D eigenvalue weighted by Crippen LogP contribution is -2.28. The van der Waals surface area contributed by atoms with E-state index in [1.165, 1.54) is 30.2 Å². The lowest BCUT2D eigenvalue weighted by atomic mass is 9.95. The first kappa shape index (κ1) is 14.1. The molecule has 3 rings (SSSR count). The normalized spacial score (nSPS) is 22.1. The maximum atomic E-state index is 5.75. The van der Waals surface area contributed by atoms with E-state index in [1.807, 2.05) is 11.8 Å². The number of nitrogens with one attached hydrogen (secondary N) is 1. The van der Waals surface area contributed by atoms with E-state index in [0.717, 1.165) is 18.1 Å². The molecule has 0 bridgehead atoms. The number of nitrogen functional groups attached to an aromatic ring is 1. The van der Waals surface area contributed by atoms with Crippen molar-refractivity contribution in [1.82, 2.24) is 29.7 Å². The number of nitrogens with two attached hydrogens (primary N) is 1. The minimum atomic E-state index is 0.177. The van der Waals surface area contributed by atoms with Crippen LogP contribution in [-0.4, -0.2) is 47.3 Å². The van der Waals surface area contributed by atoms with Crippen molar-refractivity contribution in [3.05, 3.63) is 12.7 Å². The highest BCUT2D eigenvalue weighted by Gasteiger charge is 2.21. The fourth-order valence-electron chi connectivity index (χ4n) is 2.48. The SMILES string of the molecule is CSC1CCC(Nc2nc(N)nc(-n3cncn3)n2)CC1. The van der Waals surface area contributed by atoms with Gasteiger partial charge in [0.15, 0.2) is 0 Å². The summed E-state index contributed by atoms with van der Waals surface area (Å²) >= 11 is 1.95. The van der Waals surface area contributed by atoms with E-state index in [1.54, 1.807) is 0 Å². The van der Waals surface area contributed by atoms with Crippen LogP contribution in [0.2, 0.25) is 0 Å². The van der Waals surface area contributed by atoms with Crippen LogP contribution in [0.4, 0.5) is 11.9 Å². The zero-order valence-electron chi connectivity index (χ0n) is 11.8. The molecule has 21 heavy (non-hydrogen) atoms. The number of aromatic nitrogens is 6. The van der Waals surface area contributed by atoms with Crippen LogP contribution in [0.1, 0.15) is 25.7 Å². The molecule has 0 aromatic carbocycles. The summed E-state index contributed by atoms with van der Waals surface area (Å²) in [4.78, 5) is 16.5. The quantitative estimate of drug-likeness (QED) is 0.865. The Bertz CT molecular complexity index is 579. The monoisotopic (exact) mass is 306 g/mol. The molecule has 2 aromatic rings. The second-order valence-corrected chi connectivity index (χ2v) is 6.15. The average molecular weight is 306 g/mol. The molecule has 9 heteroatoms. The van der Waals surface area contributed by atoms with Gasteiger partial charge in [-0.1, -0.05) is 0 Å². The van der Waals surface area contributed by atoms with Gasteiger partial charge in [0.05, 0.1) is 0 Å². The van der Waals surface area contributed by atoms with E-state index < -0.39 is 0 Å². The van der Waals surface area contributed by atoms with Crippen molar-refractivity contribution in [2.75, 3.05) is 17.3 Å². The third-order valence-corrected chi connectivity index (χ3v) is 4.74. The Balaban J connectivity index is 1.71. The van der Waals surface area contributed by atoms with E-state index in [-0.39, 0.29) is 5.95 Å². The van der Waals surface area contributed by atoms with E-state index >= 15 is 0 Å². The number of anilines is 2. The van der Waals surface area contributed by atoms with Crippen LogP contribution < -0.4 is 11.1 Å². The highest BCUT2D eigenvalue weighted by Crippen LogP contribution is 2.28. The summed E-state index contributed by atoms with van der Waals surface area (Å²) in [5.41, 5.74) is 5.75. The fraction of sp³-hybridized carbons (Fsp3) is 0.583. The third-order valence-electron chi connectivity index (χ3n) is 3.61. The number of rotatable bonds is 4. The number of nitrogens with zero attached hydrogens (tertiary/aromatic N) is 6. The first-order valence-corrected chi connectivity index (χ1v) is 8.19. The lowest BCUT2D eigenvalue weighted by Gasteiger charge is -2.28. The minimum absolute atomic E-state index is 0.177. The summed E-state index contributed by atoms with van der Waals surface area (Å²) in [7, 11) is 0. The average Bonchev–Trinajstić information content (AvgIpc) is 3.02. The fourth-order valence-corrected chi connectivity index (χ4v) is 3.23. The molecule has 2 heterocycles. The molecule has 0 radical (unpaired) electrons. The Hall–Kier alpha value is -1.90. The predicted molar refractivity (Wildman–Crippen MR) is 82.3 cm³/mol. The summed E-state index contributed by atoms with van der Waals surface area (Å²) in [6.07, 6.45) is 9.81. The van der Waals surface area contributed by atoms with Crippen molar-refractivity contribution in [2.24, 2.45) is 0 Å². The van der Waals surface area contributed by atoms with Crippen LogP contribution in [0.25, 0.3) is 5.95 Å². The Labute approximate surface area is 127 Å². The molecule has 1 fully saturated rings. The zero-order valence-corrected chi connectivity index (χ0v) is 12.6. The molecule has 2 aromatic heterocycles. The van der Waals surface area contributed by atoms with E-state index in [4.69, 9.17) is 5.73 Å². The number of hydrogen-bond acceptors (Lipinski definition) is 8. The first-order chi connectivity index (χ1) is 10.2. The molecule has 0 atom stereocenters. The molecule has 8 nitrogen and oxygen atoms in total. The lowest BCUT2D eigenvalue weighted by molar-refractivity contribution is 0.471. The second kappa shape index (κ2) is 6.25. The van der Waals surface area contributed by atoms with Gasteiger partial charge in [0, 0.05) is 11.3 Å². The van der Waals surface area contributed by atoms with Crippen LogP contribution >= 0.6 is 11.8 Å². The van der Waals surface area contributed by atoms with Gasteiger partial charge in [0.1, 0.15) is 12.7 Å². The molecular weight excluding hydrogens is 288 g/mol. The summed E-state index contributed by atoms with van der Waals surface area (Å²) in [6, 6.07) is 0.388. The van der Waals surface area contributed by atoms with Crippen LogP contribution in [0.5, 0.6) is 0 Å². The summed E-state index contributed by atoms with van der Waals surface area (Å²) in [5, 5.41) is 8.13. The molecule has 0 spiro atoms. The van der Waals surface area contributed by atoms with Gasteiger partial charge in [-0.3, -0.25) is 0 Å². The summed E-state index contributed by atoms with van der Waals surface area (Å²) < 4.78 is 1.47. The van der Waals surface area contributed by atoms with Crippen LogP contribution in [0, 0.1) is 0 Å². The largest absolute Gasteiger partial charge is 0.368 e. The van der Waals surface area contributed by atoms with Gasteiger partial charge in [-0.15, -0.1) is 0 Å². The van der Waals surface area contributed by atoms with Gasteiger partial charge in [-0.25, -0.2) is 4.98 Å². The van der Waals surface area contributed by atoms with E-state index in [2.05, 4.69) is 36.6 Å². The van der Waals surface area contributed by atoms with Gasteiger partial charge < -0.3 is 11.1 Å². The van der Waals surface area contributed by atoms with Gasteiger partial charge >= 0.3 is 0 Å². The molecule has 112 valence electrons. The van der Waals surface area contributed by atoms with E-state index in [9.17, 15) is 0 Å². The smallest absolute Gasteiger partial charge is 0.258 e. The topological polar surface area (TPSA) is 107 Å². The van der Waals surface area contributed by atoms with Crippen molar-refractivity contribution >= 4 is 23.7 Å². The third kappa shape index (κ3) is 3.41. The molecule has 3 N–H and O–H groups in total. The van der Waals surface area contributed by atoms with Crippen molar-refractivity contribution in [3.63, 3.8) is 0 Å². The van der Waals surface area contributed by atoms with Gasteiger partial charge in [-0.05, 0) is 31.9 Å². The van der Waals surface area contributed by atoms with Crippen molar-refractivity contribution < 1.29 is 0 Å². The Kier molecular flexibility index (Phi) is 4.18. The van der Waals surface area contributed by atoms with Crippen molar-refractivity contribution in [3.8, 4) is 5.95 Å². The molecule has 0 aliphatic heterocycles. The van der Waals surface area contributed by atoms with Gasteiger partial charge in [0.25, 0.3) is 5.95 Å². The molecular formula is C12H18N8S. The van der Waals surface area contributed by atoms with Crippen LogP contribution in [-0.2, 0) is 0 Å². The molecule has 0 unspecified atom stereocenters. The zero-order chi connectivity index (χ0) is 14.7. The standard InChI is InChI=1S/C12H18N8S/c1-21-9-4-2-8(3-5-9)16-11-17-10(13)18-12(19-11)20-7-14-6-15-20/h6-9H,2-5H2,1H3,(H3,13,16,17,18,19). The van der Waals surface area contributed by atoms with E-state index in [0.29, 0.717) is 17.9 Å². The summed E-state index contributed by atoms with van der Waals surface area (Å²) in [5.74, 6) is 1.05. The van der Waals surface area contributed by atoms with Gasteiger partial charge in [0.2, 0.25) is 11.9 Å². The highest BCUT2D eigenvalue weighted by molar-refractivity contribution is 7.99. The van der Waals surface area contributed by atoms with Crippen molar-refractivity contribution in [1.29, 1.82) is 0 Å². The Morgan fingerprint density at radius 2 is 2.05 bits per heavy atom. The molecule has 1 saturated carbocycles. The maximum Gasteiger partial charge on any atom is 0.258 e. The molecule has 0 amide bonds. The minimum Gasteiger partial charge on any atom is -0.368 e.